The first kappa shape index (κ1) is 18.9. The number of carbonyl (C=O) groups excluding carboxylic acids is 1. The van der Waals surface area contributed by atoms with Gasteiger partial charge in [0.05, 0.1) is 16.9 Å². The maximum atomic E-state index is 13.4. The number of rotatable bonds is 0. The third-order valence-corrected chi connectivity index (χ3v) is 10.5. The van der Waals surface area contributed by atoms with E-state index in [0.717, 1.165) is 50.1 Å². The lowest BCUT2D eigenvalue weighted by Crippen LogP contribution is -2.31. The van der Waals surface area contributed by atoms with E-state index < -0.39 is 0 Å². The molecule has 0 unspecified atom stereocenters. The zero-order chi connectivity index (χ0) is 19.2. The summed E-state index contributed by atoms with van der Waals surface area (Å²) in [4.78, 5) is 20.0. The standard InChI is InChI=1S/C18H4Br6N2O/c19-5-3-6-7(20)1-2-9-10(6)8(4-5)25-17-11-12(18(27)26(9)17)14(22)16(24)15(23)13(11)21/h1-4H. The monoisotopic (exact) mass is 738 g/mol. The van der Waals surface area contributed by atoms with Crippen molar-refractivity contribution in [3.05, 3.63) is 62.2 Å². The normalized spacial score (nSPS) is 14.5. The first-order chi connectivity index (χ1) is 12.8. The third kappa shape index (κ3) is 2.51. The second-order valence-corrected chi connectivity index (χ2v) is 10.9. The number of halogens is 6. The molecule has 0 spiro atoms. The lowest BCUT2D eigenvalue weighted by Gasteiger charge is -2.25. The van der Waals surface area contributed by atoms with E-state index in [1.54, 1.807) is 4.90 Å². The van der Waals surface area contributed by atoms with Crippen LogP contribution in [-0.2, 0) is 0 Å². The van der Waals surface area contributed by atoms with Crippen LogP contribution >= 0.6 is 95.6 Å². The van der Waals surface area contributed by atoms with E-state index in [4.69, 9.17) is 4.99 Å². The summed E-state index contributed by atoms with van der Waals surface area (Å²) >= 11 is 21.5. The molecule has 9 heteroatoms. The van der Waals surface area contributed by atoms with Gasteiger partial charge in [0.2, 0.25) is 0 Å². The minimum absolute atomic E-state index is 0.110. The van der Waals surface area contributed by atoms with Gasteiger partial charge < -0.3 is 0 Å². The predicted octanol–water partition coefficient (Wildman–Crippen LogP) is 8.47. The molecule has 5 rings (SSSR count). The van der Waals surface area contributed by atoms with Crippen molar-refractivity contribution in [1.82, 2.24) is 0 Å². The van der Waals surface area contributed by atoms with E-state index in [1.807, 2.05) is 24.3 Å². The Hall–Kier alpha value is -0.0600. The van der Waals surface area contributed by atoms with Crippen molar-refractivity contribution in [3.8, 4) is 0 Å². The largest absolute Gasteiger partial charge is 0.268 e. The minimum Gasteiger partial charge on any atom is -0.268 e. The molecule has 0 saturated carbocycles. The Kier molecular flexibility index (Phi) is 4.54. The fourth-order valence-corrected chi connectivity index (χ4v) is 6.81. The number of anilines is 1. The van der Waals surface area contributed by atoms with Gasteiger partial charge in [-0.2, -0.15) is 0 Å². The summed E-state index contributed by atoms with van der Waals surface area (Å²) in [6.45, 7) is 0. The summed E-state index contributed by atoms with van der Waals surface area (Å²) in [6, 6.07) is 7.92. The molecule has 2 heterocycles. The highest BCUT2D eigenvalue weighted by Crippen LogP contribution is 2.51. The van der Waals surface area contributed by atoms with Crippen LogP contribution in [0.2, 0.25) is 0 Å². The van der Waals surface area contributed by atoms with Crippen LogP contribution in [0.4, 0.5) is 11.4 Å². The van der Waals surface area contributed by atoms with Gasteiger partial charge in [-0.05, 0) is 88.0 Å². The van der Waals surface area contributed by atoms with Crippen LogP contribution in [0.1, 0.15) is 15.9 Å². The molecular weight excluding hydrogens is 740 g/mol. The van der Waals surface area contributed by atoms with Gasteiger partial charge in [-0.1, -0.05) is 31.9 Å². The molecule has 134 valence electrons. The van der Waals surface area contributed by atoms with Gasteiger partial charge in [0.15, 0.2) is 0 Å². The van der Waals surface area contributed by atoms with Crippen LogP contribution in [0.3, 0.4) is 0 Å². The number of carbonyl (C=O) groups is 1. The molecule has 0 bridgehead atoms. The molecule has 0 fully saturated rings. The van der Waals surface area contributed by atoms with Gasteiger partial charge in [-0.15, -0.1) is 0 Å². The van der Waals surface area contributed by atoms with Crippen molar-refractivity contribution < 1.29 is 4.79 Å². The highest BCUT2D eigenvalue weighted by atomic mass is 79.9. The summed E-state index contributed by atoms with van der Waals surface area (Å²) in [7, 11) is 0. The van der Waals surface area contributed by atoms with Crippen LogP contribution in [0, 0.1) is 0 Å². The Labute approximate surface area is 204 Å². The Morgan fingerprint density at radius 1 is 0.815 bits per heavy atom. The number of aliphatic imine (C=N–C) groups is 1. The van der Waals surface area contributed by atoms with Crippen molar-refractivity contribution in [3.63, 3.8) is 0 Å². The topological polar surface area (TPSA) is 32.7 Å². The second-order valence-electron chi connectivity index (χ2n) is 6.00. The molecule has 1 amide bonds. The number of nitrogens with zero attached hydrogens (tertiary/aromatic N) is 2. The number of amidine groups is 1. The van der Waals surface area contributed by atoms with Gasteiger partial charge in [0.25, 0.3) is 5.91 Å². The van der Waals surface area contributed by atoms with Crippen molar-refractivity contribution in [2.45, 2.75) is 0 Å². The van der Waals surface area contributed by atoms with Gasteiger partial charge in [0.1, 0.15) is 5.84 Å². The summed E-state index contributed by atoms with van der Waals surface area (Å²) in [5.74, 6) is 0.506. The average Bonchev–Trinajstić information content (AvgIpc) is 2.93. The van der Waals surface area contributed by atoms with Crippen LogP contribution in [0.15, 0.2) is 56.1 Å². The van der Waals surface area contributed by atoms with E-state index in [2.05, 4.69) is 95.6 Å². The summed E-state index contributed by atoms with van der Waals surface area (Å²) in [6.07, 6.45) is 0. The van der Waals surface area contributed by atoms with E-state index in [1.165, 1.54) is 0 Å². The van der Waals surface area contributed by atoms with Crippen LogP contribution < -0.4 is 4.90 Å². The van der Waals surface area contributed by atoms with Gasteiger partial charge in [0, 0.05) is 43.2 Å². The van der Waals surface area contributed by atoms with E-state index in [-0.39, 0.29) is 5.91 Å². The highest BCUT2D eigenvalue weighted by molar-refractivity contribution is 9.15. The van der Waals surface area contributed by atoms with Crippen molar-refractivity contribution in [2.24, 2.45) is 4.99 Å². The Bertz CT molecular complexity index is 1270. The molecule has 0 N–H and O–H groups in total. The minimum atomic E-state index is -0.110. The second kappa shape index (κ2) is 6.47. The fraction of sp³-hybridized carbons (Fsp3) is 0. The molecule has 0 aliphatic carbocycles. The molecule has 0 radical (unpaired) electrons. The Balaban J connectivity index is 1.94. The molecule has 2 aliphatic heterocycles. The van der Waals surface area contributed by atoms with Gasteiger partial charge >= 0.3 is 0 Å². The lowest BCUT2D eigenvalue weighted by molar-refractivity contribution is 0.101. The Morgan fingerprint density at radius 2 is 1.48 bits per heavy atom. The third-order valence-electron chi connectivity index (χ3n) is 4.57. The van der Waals surface area contributed by atoms with E-state index in [0.29, 0.717) is 15.9 Å². The molecule has 2 aliphatic rings. The summed E-state index contributed by atoms with van der Waals surface area (Å²) in [5, 5.41) is 1.95. The van der Waals surface area contributed by atoms with Gasteiger partial charge in [-0.25, -0.2) is 4.99 Å². The summed E-state index contributed by atoms with van der Waals surface area (Å²) < 4.78 is 4.98. The number of benzene rings is 3. The van der Waals surface area contributed by atoms with E-state index >= 15 is 0 Å². The van der Waals surface area contributed by atoms with Gasteiger partial charge in [-0.3, -0.25) is 9.69 Å². The Morgan fingerprint density at radius 3 is 2.19 bits per heavy atom. The molecule has 3 nitrogen and oxygen atoms in total. The van der Waals surface area contributed by atoms with Crippen LogP contribution in [0.25, 0.3) is 10.8 Å². The predicted molar refractivity (Wildman–Crippen MR) is 130 cm³/mol. The maximum absolute atomic E-state index is 13.4. The zero-order valence-corrected chi connectivity index (χ0v) is 22.4. The van der Waals surface area contributed by atoms with E-state index in [9.17, 15) is 4.79 Å². The van der Waals surface area contributed by atoms with Crippen molar-refractivity contribution in [1.29, 1.82) is 0 Å². The van der Waals surface area contributed by atoms with Crippen LogP contribution in [-0.4, -0.2) is 11.7 Å². The van der Waals surface area contributed by atoms with Crippen molar-refractivity contribution >= 4 is 129 Å². The quantitative estimate of drug-likeness (QED) is 0.168. The number of fused-ring (bicyclic) bond motifs is 4. The molecule has 0 aromatic heterocycles. The number of hydrogen-bond donors (Lipinski definition) is 0. The fourth-order valence-electron chi connectivity index (χ4n) is 3.46. The first-order valence-electron chi connectivity index (χ1n) is 7.52. The SMILES string of the molecule is O=C1c2c(Br)c(Br)c(Br)c(Br)c2C2=Nc3cc(Br)cc4c(Br)ccc(c34)N12. The first-order valence-corrected chi connectivity index (χ1v) is 12.3. The average molecular weight is 744 g/mol. The summed E-state index contributed by atoms with van der Waals surface area (Å²) in [5.41, 5.74) is 3.00. The number of amides is 1. The van der Waals surface area contributed by atoms with Crippen LogP contribution in [0.5, 0.6) is 0 Å². The lowest BCUT2D eigenvalue weighted by atomic mass is 10.0. The molecule has 3 aromatic carbocycles. The molecule has 0 saturated heterocycles. The molecule has 0 atom stereocenters. The molecule has 27 heavy (non-hydrogen) atoms. The molecule has 3 aromatic rings. The molecular formula is C18H4Br6N2O. The smallest absolute Gasteiger partial charge is 0.266 e. The van der Waals surface area contributed by atoms with Crippen molar-refractivity contribution in [2.75, 3.05) is 4.90 Å². The highest BCUT2D eigenvalue weighted by Gasteiger charge is 2.42. The number of hydrogen-bond acceptors (Lipinski definition) is 2. The maximum Gasteiger partial charge on any atom is 0.266 e. The zero-order valence-electron chi connectivity index (χ0n) is 12.9.